The van der Waals surface area contributed by atoms with Crippen LogP contribution in [0.5, 0.6) is 0 Å². The van der Waals surface area contributed by atoms with Crippen LogP contribution in [0.4, 0.5) is 17.5 Å². The molecule has 1 aliphatic carbocycles. The van der Waals surface area contributed by atoms with E-state index in [1.54, 1.807) is 18.2 Å². The van der Waals surface area contributed by atoms with Crippen molar-refractivity contribution < 1.29 is 4.92 Å². The second-order valence-electron chi connectivity index (χ2n) is 6.92. The number of aromatic nitrogens is 2. The predicted molar refractivity (Wildman–Crippen MR) is 107 cm³/mol. The van der Waals surface area contributed by atoms with Crippen LogP contribution in [0.1, 0.15) is 32.1 Å². The molecule has 7 nitrogen and oxygen atoms in total. The average Bonchev–Trinajstić information content (AvgIpc) is 2.68. The highest BCUT2D eigenvalue weighted by Gasteiger charge is 2.18. The standard InChI is InChI=1S/C20H21N5O2/c21-20-23-17-11-10-13(15-8-4-5-9-18(15)25(26)27)12-16(17)19(24-20)22-14-6-2-1-3-7-14/h4-5,8-12,14H,1-3,6-7H2,(H3,21,22,23,24). The second kappa shape index (κ2) is 7.19. The third kappa shape index (κ3) is 3.53. The van der Waals surface area contributed by atoms with Crippen molar-refractivity contribution in [2.45, 2.75) is 38.1 Å². The number of rotatable bonds is 4. The Balaban J connectivity index is 1.80. The fourth-order valence-corrected chi connectivity index (χ4v) is 3.74. The Morgan fingerprint density at radius 2 is 1.85 bits per heavy atom. The van der Waals surface area contributed by atoms with E-state index in [2.05, 4.69) is 15.3 Å². The Hall–Kier alpha value is -3.22. The molecule has 3 aromatic rings. The third-order valence-corrected chi connectivity index (χ3v) is 5.07. The lowest BCUT2D eigenvalue weighted by Gasteiger charge is -2.24. The number of benzene rings is 2. The van der Waals surface area contributed by atoms with Gasteiger partial charge in [-0.05, 0) is 36.6 Å². The van der Waals surface area contributed by atoms with Crippen LogP contribution in [0.15, 0.2) is 42.5 Å². The van der Waals surface area contributed by atoms with Crippen LogP contribution in [0, 0.1) is 10.1 Å². The molecule has 0 radical (unpaired) electrons. The molecule has 0 amide bonds. The molecule has 138 valence electrons. The van der Waals surface area contributed by atoms with Crippen molar-refractivity contribution >= 4 is 28.4 Å². The summed E-state index contributed by atoms with van der Waals surface area (Å²) in [6.45, 7) is 0. The molecule has 0 unspecified atom stereocenters. The number of fused-ring (bicyclic) bond motifs is 1. The molecule has 7 heteroatoms. The molecule has 4 rings (SSSR count). The summed E-state index contributed by atoms with van der Waals surface area (Å²) in [5, 5.41) is 15.7. The van der Waals surface area contributed by atoms with Gasteiger partial charge in [0.25, 0.3) is 5.69 Å². The first-order valence-corrected chi connectivity index (χ1v) is 9.19. The zero-order chi connectivity index (χ0) is 18.8. The van der Waals surface area contributed by atoms with Crippen molar-refractivity contribution in [2.24, 2.45) is 0 Å². The fraction of sp³-hybridized carbons (Fsp3) is 0.300. The molecule has 1 heterocycles. The second-order valence-corrected chi connectivity index (χ2v) is 6.92. The number of nitro groups is 1. The van der Waals surface area contributed by atoms with Crippen molar-refractivity contribution in [3.63, 3.8) is 0 Å². The normalized spacial score (nSPS) is 15.0. The summed E-state index contributed by atoms with van der Waals surface area (Å²) in [7, 11) is 0. The SMILES string of the molecule is Nc1nc(NC2CCCCC2)c2cc(-c3ccccc3[N+](=O)[O-])ccc2n1. The third-order valence-electron chi connectivity index (χ3n) is 5.07. The minimum atomic E-state index is -0.361. The number of para-hydroxylation sites is 1. The van der Waals surface area contributed by atoms with Gasteiger partial charge in [-0.25, -0.2) is 4.98 Å². The Kier molecular flexibility index (Phi) is 4.58. The van der Waals surface area contributed by atoms with Crippen molar-refractivity contribution in [1.29, 1.82) is 0 Å². The number of hydrogen-bond donors (Lipinski definition) is 2. The predicted octanol–water partition coefficient (Wildman–Crippen LogP) is 4.53. The number of anilines is 2. The molecule has 0 atom stereocenters. The maximum absolute atomic E-state index is 11.4. The molecule has 0 aliphatic heterocycles. The Morgan fingerprint density at radius 1 is 1.07 bits per heavy atom. The molecule has 1 fully saturated rings. The highest BCUT2D eigenvalue weighted by molar-refractivity contribution is 5.94. The molecular weight excluding hydrogens is 342 g/mol. The van der Waals surface area contributed by atoms with Gasteiger partial charge < -0.3 is 11.1 Å². The summed E-state index contributed by atoms with van der Waals surface area (Å²) < 4.78 is 0. The number of nitrogens with one attached hydrogen (secondary N) is 1. The van der Waals surface area contributed by atoms with Crippen LogP contribution < -0.4 is 11.1 Å². The molecular formula is C20H21N5O2. The molecule has 1 aromatic heterocycles. The van der Waals surface area contributed by atoms with E-state index in [-0.39, 0.29) is 16.6 Å². The molecule has 3 N–H and O–H groups in total. The van der Waals surface area contributed by atoms with E-state index < -0.39 is 0 Å². The van der Waals surface area contributed by atoms with Crippen LogP contribution in [-0.4, -0.2) is 20.9 Å². The summed E-state index contributed by atoms with van der Waals surface area (Å²) in [6, 6.07) is 12.7. The van der Waals surface area contributed by atoms with Crippen molar-refractivity contribution in [2.75, 3.05) is 11.1 Å². The van der Waals surface area contributed by atoms with E-state index in [9.17, 15) is 10.1 Å². The van der Waals surface area contributed by atoms with Crippen molar-refractivity contribution in [1.82, 2.24) is 9.97 Å². The monoisotopic (exact) mass is 363 g/mol. The minimum Gasteiger partial charge on any atom is -0.368 e. The molecule has 27 heavy (non-hydrogen) atoms. The topological polar surface area (TPSA) is 107 Å². The number of nitrogens with zero attached hydrogens (tertiary/aromatic N) is 3. The van der Waals surface area contributed by atoms with Gasteiger partial charge in [-0.15, -0.1) is 0 Å². The lowest BCUT2D eigenvalue weighted by Crippen LogP contribution is -2.23. The summed E-state index contributed by atoms with van der Waals surface area (Å²) in [6.07, 6.45) is 5.90. The van der Waals surface area contributed by atoms with E-state index in [4.69, 9.17) is 5.73 Å². The van der Waals surface area contributed by atoms with Crippen LogP contribution in [-0.2, 0) is 0 Å². The Morgan fingerprint density at radius 3 is 2.63 bits per heavy atom. The highest BCUT2D eigenvalue weighted by atomic mass is 16.6. The van der Waals surface area contributed by atoms with Crippen LogP contribution >= 0.6 is 0 Å². The largest absolute Gasteiger partial charge is 0.368 e. The van der Waals surface area contributed by atoms with Gasteiger partial charge in [0.2, 0.25) is 5.95 Å². The van der Waals surface area contributed by atoms with Gasteiger partial charge >= 0.3 is 0 Å². The zero-order valence-electron chi connectivity index (χ0n) is 14.9. The van der Waals surface area contributed by atoms with Gasteiger partial charge in [0.1, 0.15) is 5.82 Å². The number of nitrogen functional groups attached to an aromatic ring is 1. The lowest BCUT2D eigenvalue weighted by molar-refractivity contribution is -0.384. The number of nitrogens with two attached hydrogens (primary N) is 1. The number of hydrogen-bond acceptors (Lipinski definition) is 6. The van der Waals surface area contributed by atoms with Crippen LogP contribution in [0.25, 0.3) is 22.0 Å². The summed E-state index contributed by atoms with van der Waals surface area (Å²) in [5.41, 5.74) is 8.03. The fourth-order valence-electron chi connectivity index (χ4n) is 3.74. The van der Waals surface area contributed by atoms with Gasteiger partial charge in [0.15, 0.2) is 0 Å². The summed E-state index contributed by atoms with van der Waals surface area (Å²) >= 11 is 0. The minimum absolute atomic E-state index is 0.0787. The van der Waals surface area contributed by atoms with E-state index in [0.29, 0.717) is 17.4 Å². The first-order chi connectivity index (χ1) is 13.1. The lowest BCUT2D eigenvalue weighted by atomic mass is 9.95. The molecule has 0 saturated heterocycles. The first-order valence-electron chi connectivity index (χ1n) is 9.19. The maximum Gasteiger partial charge on any atom is 0.277 e. The maximum atomic E-state index is 11.4. The molecule has 1 saturated carbocycles. The molecule has 0 spiro atoms. The van der Waals surface area contributed by atoms with Crippen LogP contribution in [0.2, 0.25) is 0 Å². The van der Waals surface area contributed by atoms with Gasteiger partial charge in [-0.2, -0.15) is 4.98 Å². The van der Waals surface area contributed by atoms with E-state index in [0.717, 1.165) is 29.3 Å². The Labute approximate surface area is 156 Å². The van der Waals surface area contributed by atoms with Gasteiger partial charge in [0, 0.05) is 17.5 Å². The smallest absolute Gasteiger partial charge is 0.277 e. The zero-order valence-corrected chi connectivity index (χ0v) is 14.9. The highest BCUT2D eigenvalue weighted by Crippen LogP contribution is 2.34. The molecule has 2 aromatic carbocycles. The van der Waals surface area contributed by atoms with E-state index in [1.807, 2.05) is 18.2 Å². The average molecular weight is 363 g/mol. The van der Waals surface area contributed by atoms with E-state index >= 15 is 0 Å². The van der Waals surface area contributed by atoms with Crippen molar-refractivity contribution in [3.05, 3.63) is 52.6 Å². The van der Waals surface area contributed by atoms with Crippen molar-refractivity contribution in [3.8, 4) is 11.1 Å². The van der Waals surface area contributed by atoms with E-state index in [1.165, 1.54) is 25.3 Å². The van der Waals surface area contributed by atoms with Crippen LogP contribution in [0.3, 0.4) is 0 Å². The summed E-state index contributed by atoms with van der Waals surface area (Å²) in [5.74, 6) is 0.920. The quantitative estimate of drug-likeness (QED) is 0.521. The number of nitro benzene ring substituents is 1. The molecule has 1 aliphatic rings. The summed E-state index contributed by atoms with van der Waals surface area (Å²) in [4.78, 5) is 19.7. The first kappa shape index (κ1) is 17.2. The van der Waals surface area contributed by atoms with Gasteiger partial charge in [-0.1, -0.05) is 37.5 Å². The Bertz CT molecular complexity index is 999. The van der Waals surface area contributed by atoms with Gasteiger partial charge in [-0.3, -0.25) is 10.1 Å². The molecule has 0 bridgehead atoms. The van der Waals surface area contributed by atoms with Gasteiger partial charge in [0.05, 0.1) is 16.0 Å².